The Balaban J connectivity index is 3.08. The molecule has 0 aromatic carbocycles. The lowest BCUT2D eigenvalue weighted by molar-refractivity contribution is -0.169. The number of rotatable bonds is 4. The highest BCUT2D eigenvalue weighted by Gasteiger charge is 2.72. The second-order valence-electron chi connectivity index (χ2n) is 7.66. The highest BCUT2D eigenvalue weighted by atomic mass is 16.5. The Labute approximate surface area is 117 Å². The summed E-state index contributed by atoms with van der Waals surface area (Å²) in [5.74, 6) is -0.180. The van der Waals surface area contributed by atoms with Crippen LogP contribution in [0.3, 0.4) is 0 Å². The molecule has 0 aromatic rings. The number of hydrogen-bond acceptors (Lipinski definition) is 3. The van der Waals surface area contributed by atoms with Crippen LogP contribution in [0.2, 0.25) is 0 Å². The first-order valence-electron chi connectivity index (χ1n) is 6.98. The van der Waals surface area contributed by atoms with Crippen molar-refractivity contribution < 1.29 is 9.53 Å². The number of nitrogens with zero attached hydrogens (tertiary/aromatic N) is 1. The third kappa shape index (κ3) is 2.06. The van der Waals surface area contributed by atoms with Crippen LogP contribution in [-0.4, -0.2) is 12.1 Å². The SMILES string of the molecule is CC(C)OC(=O)C(C)(C)C(C)(C)C1(C)CC1(C)C#N. The number of carbonyl (C=O) groups is 1. The van der Waals surface area contributed by atoms with Gasteiger partial charge in [0.15, 0.2) is 0 Å². The van der Waals surface area contributed by atoms with Crippen LogP contribution in [0.5, 0.6) is 0 Å². The summed E-state index contributed by atoms with van der Waals surface area (Å²) in [7, 11) is 0. The minimum atomic E-state index is -0.624. The molecular weight excluding hydrogens is 238 g/mol. The maximum Gasteiger partial charge on any atom is 0.312 e. The molecule has 0 spiro atoms. The van der Waals surface area contributed by atoms with E-state index in [1.54, 1.807) is 0 Å². The Morgan fingerprint density at radius 2 is 1.74 bits per heavy atom. The lowest BCUT2D eigenvalue weighted by atomic mass is 9.58. The van der Waals surface area contributed by atoms with E-state index in [1.807, 2.05) is 34.6 Å². The van der Waals surface area contributed by atoms with E-state index in [0.717, 1.165) is 6.42 Å². The van der Waals surface area contributed by atoms with Crippen molar-refractivity contribution in [1.82, 2.24) is 0 Å². The van der Waals surface area contributed by atoms with Crippen molar-refractivity contribution in [3.05, 3.63) is 0 Å². The molecule has 0 heterocycles. The molecular formula is C16H27NO2. The van der Waals surface area contributed by atoms with Gasteiger partial charge in [0, 0.05) is 0 Å². The van der Waals surface area contributed by atoms with Crippen molar-refractivity contribution >= 4 is 5.97 Å². The van der Waals surface area contributed by atoms with Crippen LogP contribution in [0.4, 0.5) is 0 Å². The van der Waals surface area contributed by atoms with Gasteiger partial charge in [0.1, 0.15) is 0 Å². The van der Waals surface area contributed by atoms with Crippen molar-refractivity contribution in [2.45, 2.75) is 67.9 Å². The van der Waals surface area contributed by atoms with Gasteiger partial charge in [0.2, 0.25) is 0 Å². The number of carbonyl (C=O) groups excluding carboxylic acids is 1. The van der Waals surface area contributed by atoms with Gasteiger partial charge in [0.25, 0.3) is 0 Å². The minimum Gasteiger partial charge on any atom is -0.463 e. The first kappa shape index (κ1) is 16.0. The largest absolute Gasteiger partial charge is 0.463 e. The van der Waals surface area contributed by atoms with Gasteiger partial charge in [-0.05, 0) is 51.9 Å². The summed E-state index contributed by atoms with van der Waals surface area (Å²) < 4.78 is 5.40. The van der Waals surface area contributed by atoms with Crippen molar-refractivity contribution in [3.8, 4) is 6.07 Å². The second kappa shape index (κ2) is 4.23. The Bertz CT molecular complexity index is 431. The normalized spacial score (nSPS) is 30.9. The summed E-state index contributed by atoms with van der Waals surface area (Å²) in [6.45, 7) is 15.8. The van der Waals surface area contributed by atoms with Gasteiger partial charge < -0.3 is 4.74 Å². The molecule has 1 aliphatic carbocycles. The van der Waals surface area contributed by atoms with E-state index in [9.17, 15) is 10.1 Å². The van der Waals surface area contributed by atoms with Crippen LogP contribution in [0.15, 0.2) is 0 Å². The third-order valence-corrected chi connectivity index (χ3v) is 5.84. The highest BCUT2D eigenvalue weighted by molar-refractivity contribution is 5.77. The predicted molar refractivity (Wildman–Crippen MR) is 75.2 cm³/mol. The molecule has 1 fully saturated rings. The topological polar surface area (TPSA) is 50.1 Å². The second-order valence-corrected chi connectivity index (χ2v) is 7.66. The first-order valence-corrected chi connectivity index (χ1v) is 6.98. The summed E-state index contributed by atoms with van der Waals surface area (Å²) in [4.78, 5) is 12.4. The van der Waals surface area contributed by atoms with Gasteiger partial charge >= 0.3 is 5.97 Å². The summed E-state index contributed by atoms with van der Waals surface area (Å²) in [6.07, 6.45) is 0.721. The Kier molecular flexibility index (Phi) is 3.57. The van der Waals surface area contributed by atoms with E-state index in [2.05, 4.69) is 26.8 Å². The molecule has 0 aliphatic heterocycles. The van der Waals surface area contributed by atoms with Crippen LogP contribution in [0, 0.1) is 33.0 Å². The monoisotopic (exact) mass is 265 g/mol. The number of esters is 1. The van der Waals surface area contributed by atoms with Gasteiger partial charge in [-0.3, -0.25) is 4.79 Å². The molecule has 2 unspecified atom stereocenters. The minimum absolute atomic E-state index is 0.114. The van der Waals surface area contributed by atoms with E-state index in [-0.39, 0.29) is 28.3 Å². The van der Waals surface area contributed by atoms with Gasteiger partial charge in [0.05, 0.1) is 23.0 Å². The number of nitriles is 1. The smallest absolute Gasteiger partial charge is 0.312 e. The maximum absolute atomic E-state index is 12.4. The highest BCUT2D eigenvalue weighted by Crippen LogP contribution is 2.75. The van der Waals surface area contributed by atoms with E-state index in [1.165, 1.54) is 0 Å². The molecule has 0 N–H and O–H groups in total. The molecule has 0 radical (unpaired) electrons. The molecule has 3 heteroatoms. The molecule has 2 atom stereocenters. The average molecular weight is 265 g/mol. The van der Waals surface area contributed by atoms with Gasteiger partial charge in [-0.1, -0.05) is 20.8 Å². The predicted octanol–water partition coefficient (Wildman–Crippen LogP) is 3.93. The van der Waals surface area contributed by atoms with Gasteiger partial charge in [-0.2, -0.15) is 5.26 Å². The first-order chi connectivity index (χ1) is 8.35. The van der Waals surface area contributed by atoms with Crippen molar-refractivity contribution in [1.29, 1.82) is 5.26 Å². The summed E-state index contributed by atoms with van der Waals surface area (Å²) in [5, 5.41) is 9.35. The average Bonchev–Trinajstić information content (AvgIpc) is 2.83. The fourth-order valence-electron chi connectivity index (χ4n) is 3.04. The lowest BCUT2D eigenvalue weighted by Gasteiger charge is -2.46. The van der Waals surface area contributed by atoms with Crippen molar-refractivity contribution in [3.63, 3.8) is 0 Å². The van der Waals surface area contributed by atoms with Crippen LogP contribution in [0.1, 0.15) is 61.8 Å². The van der Waals surface area contributed by atoms with E-state index in [0.29, 0.717) is 0 Å². The van der Waals surface area contributed by atoms with E-state index >= 15 is 0 Å². The van der Waals surface area contributed by atoms with Crippen LogP contribution in [0.25, 0.3) is 0 Å². The molecule has 1 aliphatic rings. The Hall–Kier alpha value is -1.04. The zero-order chi connectivity index (χ0) is 15.3. The van der Waals surface area contributed by atoms with Gasteiger partial charge in [-0.15, -0.1) is 0 Å². The maximum atomic E-state index is 12.4. The number of hydrogen-bond donors (Lipinski definition) is 0. The summed E-state index contributed by atoms with van der Waals surface area (Å²) in [5.41, 5.74) is -1.43. The van der Waals surface area contributed by atoms with Crippen LogP contribution in [-0.2, 0) is 9.53 Å². The number of ether oxygens (including phenoxy) is 1. The quantitative estimate of drug-likeness (QED) is 0.724. The van der Waals surface area contributed by atoms with Crippen LogP contribution < -0.4 is 0 Å². The van der Waals surface area contributed by atoms with Crippen molar-refractivity contribution in [2.24, 2.45) is 21.7 Å². The Morgan fingerprint density at radius 1 is 1.26 bits per heavy atom. The zero-order valence-electron chi connectivity index (χ0n) is 13.5. The molecule has 0 aromatic heterocycles. The molecule has 19 heavy (non-hydrogen) atoms. The lowest BCUT2D eigenvalue weighted by Crippen LogP contribution is -2.47. The standard InChI is InChI=1S/C16H27NO2/c1-11(2)19-12(18)13(3,4)14(5,6)16(8)9-15(16,7)10-17/h11H,9H2,1-8H3. The molecule has 0 amide bonds. The molecule has 0 saturated heterocycles. The zero-order valence-corrected chi connectivity index (χ0v) is 13.5. The molecule has 1 rings (SSSR count). The van der Waals surface area contributed by atoms with Crippen LogP contribution >= 0.6 is 0 Å². The van der Waals surface area contributed by atoms with Gasteiger partial charge in [-0.25, -0.2) is 0 Å². The Morgan fingerprint density at radius 3 is 2.05 bits per heavy atom. The molecule has 0 bridgehead atoms. The molecule has 1 saturated carbocycles. The fourth-order valence-corrected chi connectivity index (χ4v) is 3.04. The van der Waals surface area contributed by atoms with Crippen molar-refractivity contribution in [2.75, 3.05) is 0 Å². The summed E-state index contributed by atoms with van der Waals surface area (Å²) >= 11 is 0. The van der Waals surface area contributed by atoms with E-state index in [4.69, 9.17) is 4.74 Å². The molecule has 3 nitrogen and oxygen atoms in total. The van der Waals surface area contributed by atoms with E-state index < -0.39 is 5.41 Å². The fraction of sp³-hybridized carbons (Fsp3) is 0.875. The third-order valence-electron chi connectivity index (χ3n) is 5.84. The molecule has 108 valence electrons. The summed E-state index contributed by atoms with van der Waals surface area (Å²) in [6, 6.07) is 2.41.